The van der Waals surface area contributed by atoms with Gasteiger partial charge in [-0.25, -0.2) is 13.8 Å². The zero-order valence-electron chi connectivity index (χ0n) is 14.8. The van der Waals surface area contributed by atoms with E-state index in [1.54, 1.807) is 17.7 Å². The standard InChI is InChI=1S/C18H22F2N4O2/c1-12(23-3-5-26-6-4-23)18(25)22-17-11-24(13(2)21-17)10-14-7-15(19)9-16(20)8-14/h7-9,11-12H,3-6,10H2,1-2H3,(H,22,25). The number of carbonyl (C=O) groups is 1. The third kappa shape index (κ3) is 4.44. The number of anilines is 1. The van der Waals surface area contributed by atoms with Gasteiger partial charge in [0.25, 0.3) is 0 Å². The molecule has 26 heavy (non-hydrogen) atoms. The summed E-state index contributed by atoms with van der Waals surface area (Å²) in [5.41, 5.74) is 0.488. The number of aryl methyl sites for hydroxylation is 1. The van der Waals surface area contributed by atoms with Gasteiger partial charge in [-0.3, -0.25) is 9.69 Å². The molecule has 1 N–H and O–H groups in total. The molecule has 1 aliphatic heterocycles. The van der Waals surface area contributed by atoms with Gasteiger partial charge in [-0.05, 0) is 31.5 Å². The van der Waals surface area contributed by atoms with Crippen LogP contribution >= 0.6 is 0 Å². The fraction of sp³-hybridized carbons (Fsp3) is 0.444. The largest absolute Gasteiger partial charge is 0.379 e. The SMILES string of the molecule is Cc1nc(NC(=O)C(C)N2CCOCC2)cn1Cc1cc(F)cc(F)c1. The monoisotopic (exact) mass is 364 g/mol. The van der Waals surface area contributed by atoms with Crippen LogP contribution in [0, 0.1) is 18.6 Å². The van der Waals surface area contributed by atoms with E-state index in [1.807, 2.05) is 6.92 Å². The molecule has 1 aromatic heterocycles. The molecule has 1 atom stereocenters. The van der Waals surface area contributed by atoms with E-state index >= 15 is 0 Å². The summed E-state index contributed by atoms with van der Waals surface area (Å²) in [6, 6.07) is 3.10. The summed E-state index contributed by atoms with van der Waals surface area (Å²) in [5.74, 6) is -0.321. The first-order valence-electron chi connectivity index (χ1n) is 8.54. The van der Waals surface area contributed by atoms with Crippen molar-refractivity contribution in [2.75, 3.05) is 31.6 Å². The molecule has 1 amide bonds. The third-order valence-corrected chi connectivity index (χ3v) is 4.48. The Morgan fingerprint density at radius 1 is 1.27 bits per heavy atom. The van der Waals surface area contributed by atoms with E-state index in [-0.39, 0.29) is 18.5 Å². The average molecular weight is 364 g/mol. The number of carbonyl (C=O) groups excluding carboxylic acids is 1. The van der Waals surface area contributed by atoms with Gasteiger partial charge in [-0.2, -0.15) is 0 Å². The van der Waals surface area contributed by atoms with Crippen LogP contribution in [-0.4, -0.2) is 52.7 Å². The third-order valence-electron chi connectivity index (χ3n) is 4.48. The van der Waals surface area contributed by atoms with E-state index in [2.05, 4.69) is 15.2 Å². The predicted octanol–water partition coefficient (Wildman–Crippen LogP) is 2.18. The number of amides is 1. The number of rotatable bonds is 5. The number of hydrogen-bond acceptors (Lipinski definition) is 4. The molecule has 1 unspecified atom stereocenters. The number of imidazole rings is 1. The summed E-state index contributed by atoms with van der Waals surface area (Å²) in [6.45, 7) is 6.56. The maximum atomic E-state index is 13.3. The molecule has 1 aromatic carbocycles. The molecule has 8 heteroatoms. The molecule has 0 aliphatic carbocycles. The average Bonchev–Trinajstić information content (AvgIpc) is 2.93. The Hall–Kier alpha value is -2.32. The van der Waals surface area contributed by atoms with E-state index in [0.29, 0.717) is 43.5 Å². The first-order chi connectivity index (χ1) is 12.4. The van der Waals surface area contributed by atoms with Gasteiger partial charge in [0.15, 0.2) is 5.82 Å². The quantitative estimate of drug-likeness (QED) is 0.884. The van der Waals surface area contributed by atoms with Gasteiger partial charge in [0.1, 0.15) is 17.5 Å². The molecule has 3 rings (SSSR count). The Bertz CT molecular complexity index is 767. The van der Waals surface area contributed by atoms with Crippen molar-refractivity contribution in [1.82, 2.24) is 14.5 Å². The first-order valence-corrected chi connectivity index (χ1v) is 8.54. The van der Waals surface area contributed by atoms with Crippen molar-refractivity contribution in [2.45, 2.75) is 26.4 Å². The van der Waals surface area contributed by atoms with Crippen LogP contribution in [0.2, 0.25) is 0 Å². The Morgan fingerprint density at radius 3 is 2.58 bits per heavy atom. The molecule has 0 spiro atoms. The molecule has 0 saturated carbocycles. The smallest absolute Gasteiger partial charge is 0.242 e. The lowest BCUT2D eigenvalue weighted by atomic mass is 10.2. The van der Waals surface area contributed by atoms with Crippen molar-refractivity contribution in [3.63, 3.8) is 0 Å². The van der Waals surface area contributed by atoms with Crippen molar-refractivity contribution in [3.8, 4) is 0 Å². The maximum absolute atomic E-state index is 13.3. The Kier molecular flexibility index (Phi) is 5.63. The van der Waals surface area contributed by atoms with Crippen molar-refractivity contribution in [3.05, 3.63) is 47.4 Å². The van der Waals surface area contributed by atoms with Crippen LogP contribution in [0.15, 0.2) is 24.4 Å². The van der Waals surface area contributed by atoms with Crippen molar-refractivity contribution >= 4 is 11.7 Å². The van der Waals surface area contributed by atoms with Gasteiger partial charge in [0.05, 0.1) is 19.3 Å². The van der Waals surface area contributed by atoms with E-state index in [1.165, 1.54) is 12.1 Å². The number of nitrogens with zero attached hydrogens (tertiary/aromatic N) is 3. The second-order valence-corrected chi connectivity index (χ2v) is 6.39. The number of benzene rings is 1. The summed E-state index contributed by atoms with van der Waals surface area (Å²) in [5, 5.41) is 2.81. The fourth-order valence-corrected chi connectivity index (χ4v) is 2.99. The zero-order chi connectivity index (χ0) is 18.7. The summed E-state index contributed by atoms with van der Waals surface area (Å²) in [7, 11) is 0. The van der Waals surface area contributed by atoms with Crippen molar-refractivity contribution < 1.29 is 18.3 Å². The van der Waals surface area contributed by atoms with Crippen molar-refractivity contribution in [2.24, 2.45) is 0 Å². The number of morpholine rings is 1. The lowest BCUT2D eigenvalue weighted by Crippen LogP contribution is -2.47. The minimum atomic E-state index is -0.620. The van der Waals surface area contributed by atoms with Gasteiger partial charge >= 0.3 is 0 Å². The molecule has 2 aromatic rings. The Labute approximate surface area is 150 Å². The van der Waals surface area contributed by atoms with Gasteiger partial charge in [0.2, 0.25) is 5.91 Å². The van der Waals surface area contributed by atoms with E-state index in [0.717, 1.165) is 6.07 Å². The maximum Gasteiger partial charge on any atom is 0.242 e. The van der Waals surface area contributed by atoms with Crippen LogP contribution < -0.4 is 5.32 Å². The normalized spacial score (nSPS) is 16.5. The molecule has 6 nitrogen and oxygen atoms in total. The molecule has 1 aliphatic rings. The van der Waals surface area contributed by atoms with Crippen molar-refractivity contribution in [1.29, 1.82) is 0 Å². The van der Waals surface area contributed by atoms with E-state index in [9.17, 15) is 13.6 Å². The number of halogens is 2. The van der Waals surface area contributed by atoms with Gasteiger partial charge in [-0.15, -0.1) is 0 Å². The summed E-state index contributed by atoms with van der Waals surface area (Å²) in [6.07, 6.45) is 1.67. The molecular weight excluding hydrogens is 342 g/mol. The van der Waals surface area contributed by atoms with Gasteiger partial charge in [-0.1, -0.05) is 0 Å². The molecule has 2 heterocycles. The first kappa shape index (κ1) is 18.5. The van der Waals surface area contributed by atoms with Crippen LogP contribution in [0.3, 0.4) is 0 Å². The molecule has 1 saturated heterocycles. The summed E-state index contributed by atoms with van der Waals surface area (Å²) >= 11 is 0. The summed E-state index contributed by atoms with van der Waals surface area (Å²) < 4.78 is 33.7. The number of aromatic nitrogens is 2. The van der Waals surface area contributed by atoms with Crippen LogP contribution in [0.1, 0.15) is 18.3 Å². The zero-order valence-corrected chi connectivity index (χ0v) is 14.8. The molecule has 140 valence electrons. The minimum absolute atomic E-state index is 0.145. The second kappa shape index (κ2) is 7.92. The minimum Gasteiger partial charge on any atom is -0.379 e. The Morgan fingerprint density at radius 2 is 1.92 bits per heavy atom. The van der Waals surface area contributed by atoms with E-state index < -0.39 is 11.6 Å². The number of nitrogens with one attached hydrogen (secondary N) is 1. The molecular formula is C18H22F2N4O2. The molecule has 0 radical (unpaired) electrons. The molecule has 0 bridgehead atoms. The van der Waals surface area contributed by atoms with E-state index in [4.69, 9.17) is 4.74 Å². The highest BCUT2D eigenvalue weighted by molar-refractivity contribution is 5.93. The number of ether oxygens (including phenoxy) is 1. The Balaban J connectivity index is 1.66. The summed E-state index contributed by atoms with van der Waals surface area (Å²) in [4.78, 5) is 18.8. The van der Waals surface area contributed by atoms with Gasteiger partial charge in [0, 0.05) is 31.9 Å². The van der Waals surface area contributed by atoms with Crippen LogP contribution in [0.4, 0.5) is 14.6 Å². The second-order valence-electron chi connectivity index (χ2n) is 6.39. The highest BCUT2D eigenvalue weighted by atomic mass is 19.1. The van der Waals surface area contributed by atoms with Crippen LogP contribution in [0.5, 0.6) is 0 Å². The highest BCUT2D eigenvalue weighted by Crippen LogP contribution is 2.15. The lowest BCUT2D eigenvalue weighted by molar-refractivity contribution is -0.122. The fourth-order valence-electron chi connectivity index (χ4n) is 2.99. The predicted molar refractivity (Wildman–Crippen MR) is 92.9 cm³/mol. The van der Waals surface area contributed by atoms with Crippen LogP contribution in [0.25, 0.3) is 0 Å². The van der Waals surface area contributed by atoms with Crippen LogP contribution in [-0.2, 0) is 16.1 Å². The topological polar surface area (TPSA) is 59.4 Å². The lowest BCUT2D eigenvalue weighted by Gasteiger charge is -2.31. The highest BCUT2D eigenvalue weighted by Gasteiger charge is 2.23. The number of hydrogen-bond donors (Lipinski definition) is 1. The van der Waals surface area contributed by atoms with Gasteiger partial charge < -0.3 is 14.6 Å². The molecule has 1 fully saturated rings.